The van der Waals surface area contributed by atoms with Crippen LogP contribution in [0.25, 0.3) is 0 Å². The van der Waals surface area contributed by atoms with Gasteiger partial charge in [-0.3, -0.25) is 4.79 Å². The van der Waals surface area contributed by atoms with Crippen molar-refractivity contribution < 1.29 is 9.18 Å². The van der Waals surface area contributed by atoms with E-state index in [0.717, 1.165) is 16.5 Å². The summed E-state index contributed by atoms with van der Waals surface area (Å²) >= 11 is 3.22. The summed E-state index contributed by atoms with van der Waals surface area (Å²) in [5, 5.41) is 4.60. The monoisotopic (exact) mass is 311 g/mol. The third-order valence-corrected chi connectivity index (χ3v) is 4.52. The Morgan fingerprint density at radius 1 is 1.50 bits per heavy atom. The Labute approximate surface area is 124 Å². The Bertz CT molecular complexity index is 575. The van der Waals surface area contributed by atoms with Gasteiger partial charge in [-0.2, -0.15) is 0 Å². The molecule has 4 nitrogen and oxygen atoms in total. The molecule has 106 valence electrons. The van der Waals surface area contributed by atoms with E-state index in [2.05, 4.69) is 10.3 Å². The Hall–Kier alpha value is -1.60. The zero-order valence-corrected chi connectivity index (χ0v) is 12.3. The van der Waals surface area contributed by atoms with Crippen molar-refractivity contribution in [2.45, 2.75) is 17.2 Å². The van der Waals surface area contributed by atoms with Crippen LogP contribution >= 0.6 is 23.1 Å². The third kappa shape index (κ3) is 4.50. The van der Waals surface area contributed by atoms with E-state index < -0.39 is 5.82 Å². The van der Waals surface area contributed by atoms with Gasteiger partial charge in [-0.25, -0.2) is 9.37 Å². The number of carbonyl (C=O) groups excluding carboxylic acids is 1. The van der Waals surface area contributed by atoms with Gasteiger partial charge in [0.25, 0.3) is 0 Å². The van der Waals surface area contributed by atoms with Crippen LogP contribution in [-0.2, 0) is 4.79 Å². The maximum atomic E-state index is 12.9. The number of amides is 1. The van der Waals surface area contributed by atoms with Gasteiger partial charge in [0.1, 0.15) is 10.2 Å². The van der Waals surface area contributed by atoms with Crippen LogP contribution < -0.4 is 11.1 Å². The van der Waals surface area contributed by atoms with Gasteiger partial charge in [-0.1, -0.05) is 11.8 Å². The van der Waals surface area contributed by atoms with Crippen molar-refractivity contribution in [2.75, 3.05) is 16.8 Å². The van der Waals surface area contributed by atoms with Gasteiger partial charge in [0.05, 0.1) is 11.4 Å². The molecule has 0 atom stereocenters. The molecule has 20 heavy (non-hydrogen) atoms. The van der Waals surface area contributed by atoms with Gasteiger partial charge in [0.2, 0.25) is 5.91 Å². The first-order valence-corrected chi connectivity index (χ1v) is 7.89. The van der Waals surface area contributed by atoms with Crippen LogP contribution in [0, 0.1) is 5.82 Å². The normalized spacial score (nSPS) is 10.4. The number of anilines is 2. The predicted octanol–water partition coefficient (Wildman–Crippen LogP) is 3.38. The van der Waals surface area contributed by atoms with Gasteiger partial charge in [0.15, 0.2) is 0 Å². The van der Waals surface area contributed by atoms with Gasteiger partial charge in [0, 0.05) is 23.8 Å². The number of carbonyl (C=O) groups is 1. The molecule has 3 N–H and O–H groups in total. The molecule has 1 amide bonds. The van der Waals surface area contributed by atoms with E-state index in [4.69, 9.17) is 5.73 Å². The third-order valence-electron chi connectivity index (χ3n) is 2.47. The van der Waals surface area contributed by atoms with Crippen LogP contribution in [0.15, 0.2) is 34.1 Å². The highest BCUT2D eigenvalue weighted by Gasteiger charge is 2.06. The Kier molecular flexibility index (Phi) is 5.37. The lowest BCUT2D eigenvalue weighted by Crippen LogP contribution is -2.12. The van der Waals surface area contributed by atoms with Crippen molar-refractivity contribution in [2.24, 2.45) is 0 Å². The molecule has 0 saturated heterocycles. The van der Waals surface area contributed by atoms with Gasteiger partial charge in [-0.05, 0) is 24.6 Å². The molecule has 0 aliphatic rings. The number of hydrogen-bond donors (Lipinski definition) is 2. The van der Waals surface area contributed by atoms with Crippen LogP contribution in [0.4, 0.5) is 15.8 Å². The number of nitrogens with two attached hydrogens (primary N) is 1. The second kappa shape index (κ2) is 7.25. The number of aromatic nitrogens is 1. The molecule has 1 aromatic carbocycles. The summed E-state index contributed by atoms with van der Waals surface area (Å²) in [6, 6.07) is 3.92. The minimum Gasteiger partial charge on any atom is -0.397 e. The van der Waals surface area contributed by atoms with E-state index in [1.165, 1.54) is 18.2 Å². The Balaban J connectivity index is 1.72. The van der Waals surface area contributed by atoms with Crippen LogP contribution in [0.3, 0.4) is 0 Å². The first-order valence-electron chi connectivity index (χ1n) is 6.02. The summed E-state index contributed by atoms with van der Waals surface area (Å²) in [6.45, 7) is 0. The number of halogens is 1. The summed E-state index contributed by atoms with van der Waals surface area (Å²) in [7, 11) is 0. The number of nitrogen functional groups attached to an aromatic ring is 1. The van der Waals surface area contributed by atoms with Crippen molar-refractivity contribution in [1.29, 1.82) is 0 Å². The smallest absolute Gasteiger partial charge is 0.224 e. The Morgan fingerprint density at radius 3 is 3.05 bits per heavy atom. The second-order valence-electron chi connectivity index (χ2n) is 4.03. The minimum absolute atomic E-state index is 0.122. The zero-order chi connectivity index (χ0) is 14.4. The number of hydrogen-bond acceptors (Lipinski definition) is 5. The SMILES string of the molecule is Nc1cc(F)ccc1NC(=O)CCCSc1nccs1. The molecule has 2 rings (SSSR count). The fourth-order valence-electron chi connectivity index (χ4n) is 1.53. The molecule has 0 aliphatic heterocycles. The lowest BCUT2D eigenvalue weighted by molar-refractivity contribution is -0.116. The number of rotatable bonds is 6. The molecule has 0 aliphatic carbocycles. The molecule has 1 heterocycles. The molecule has 2 aromatic rings. The first kappa shape index (κ1) is 14.8. The molecule has 1 aromatic heterocycles. The highest BCUT2D eigenvalue weighted by molar-refractivity contribution is 8.00. The van der Waals surface area contributed by atoms with Crippen LogP contribution in [0.5, 0.6) is 0 Å². The van der Waals surface area contributed by atoms with Crippen molar-refractivity contribution in [3.05, 3.63) is 35.6 Å². The van der Waals surface area contributed by atoms with Gasteiger partial charge in [-0.15, -0.1) is 11.3 Å². The summed E-state index contributed by atoms with van der Waals surface area (Å²) in [6.07, 6.45) is 2.91. The molecule has 0 bridgehead atoms. The first-order chi connectivity index (χ1) is 9.65. The highest BCUT2D eigenvalue weighted by Crippen LogP contribution is 2.22. The Morgan fingerprint density at radius 2 is 2.35 bits per heavy atom. The maximum absolute atomic E-state index is 12.9. The van der Waals surface area contributed by atoms with Crippen molar-refractivity contribution in [1.82, 2.24) is 4.98 Å². The quantitative estimate of drug-likeness (QED) is 0.487. The zero-order valence-electron chi connectivity index (χ0n) is 10.6. The minimum atomic E-state index is -0.416. The number of thiazole rings is 1. The van der Waals surface area contributed by atoms with Crippen molar-refractivity contribution >= 4 is 40.4 Å². The van der Waals surface area contributed by atoms with Crippen LogP contribution in [-0.4, -0.2) is 16.6 Å². The molecule has 0 radical (unpaired) electrons. The summed E-state index contributed by atoms with van der Waals surface area (Å²) < 4.78 is 13.9. The summed E-state index contributed by atoms with van der Waals surface area (Å²) in [5.41, 5.74) is 6.30. The number of nitrogens with zero attached hydrogens (tertiary/aromatic N) is 1. The van der Waals surface area contributed by atoms with E-state index in [1.54, 1.807) is 29.3 Å². The average molecular weight is 311 g/mol. The number of nitrogens with one attached hydrogen (secondary N) is 1. The van der Waals surface area contributed by atoms with Gasteiger partial charge >= 0.3 is 0 Å². The molecule has 0 fully saturated rings. The number of thioether (sulfide) groups is 1. The van der Waals surface area contributed by atoms with Crippen molar-refractivity contribution in [3.8, 4) is 0 Å². The fourth-order valence-corrected chi connectivity index (χ4v) is 3.18. The summed E-state index contributed by atoms with van der Waals surface area (Å²) in [4.78, 5) is 15.9. The lowest BCUT2D eigenvalue weighted by Gasteiger charge is -2.07. The molecule has 0 saturated carbocycles. The standard InChI is InChI=1S/C13H14FN3OS2/c14-9-3-4-11(10(15)8-9)17-12(18)2-1-6-19-13-16-5-7-20-13/h3-5,7-8H,1-2,6,15H2,(H,17,18). The van der Waals surface area contributed by atoms with E-state index >= 15 is 0 Å². The van der Waals surface area contributed by atoms with Crippen LogP contribution in [0.2, 0.25) is 0 Å². The van der Waals surface area contributed by atoms with Crippen molar-refractivity contribution in [3.63, 3.8) is 0 Å². The molecule has 7 heteroatoms. The predicted molar refractivity (Wildman–Crippen MR) is 81.5 cm³/mol. The van der Waals surface area contributed by atoms with E-state index in [9.17, 15) is 9.18 Å². The number of benzene rings is 1. The molecular formula is C13H14FN3OS2. The fraction of sp³-hybridized carbons (Fsp3) is 0.231. The molecule has 0 unspecified atom stereocenters. The lowest BCUT2D eigenvalue weighted by atomic mass is 10.2. The molecular weight excluding hydrogens is 297 g/mol. The second-order valence-corrected chi connectivity index (χ2v) is 6.27. The van der Waals surface area contributed by atoms with E-state index in [1.807, 2.05) is 5.38 Å². The average Bonchev–Trinajstić information content (AvgIpc) is 2.91. The topological polar surface area (TPSA) is 68.0 Å². The highest BCUT2D eigenvalue weighted by atomic mass is 32.2. The van der Waals surface area contributed by atoms with Crippen LogP contribution in [0.1, 0.15) is 12.8 Å². The van der Waals surface area contributed by atoms with E-state index in [0.29, 0.717) is 12.1 Å². The van der Waals surface area contributed by atoms with E-state index in [-0.39, 0.29) is 11.6 Å². The largest absolute Gasteiger partial charge is 0.397 e. The van der Waals surface area contributed by atoms with Gasteiger partial charge < -0.3 is 11.1 Å². The maximum Gasteiger partial charge on any atom is 0.224 e. The molecule has 0 spiro atoms. The summed E-state index contributed by atoms with van der Waals surface area (Å²) in [5.74, 6) is 0.295.